The zero-order valence-electron chi connectivity index (χ0n) is 11.6. The minimum atomic E-state index is 0.212. The molecule has 16 heavy (non-hydrogen) atoms. The van der Waals surface area contributed by atoms with E-state index in [9.17, 15) is 0 Å². The van der Waals surface area contributed by atoms with E-state index in [1.165, 1.54) is 19.3 Å². The van der Waals surface area contributed by atoms with Crippen LogP contribution in [0.3, 0.4) is 0 Å². The molecule has 3 unspecified atom stereocenters. The third-order valence-electron chi connectivity index (χ3n) is 3.95. The third-order valence-corrected chi connectivity index (χ3v) is 3.95. The molecular formula is C14H29NO. The van der Waals surface area contributed by atoms with Gasteiger partial charge in [0.1, 0.15) is 0 Å². The monoisotopic (exact) mass is 227 g/mol. The maximum atomic E-state index is 6.31. The van der Waals surface area contributed by atoms with Gasteiger partial charge in [0.05, 0.1) is 12.7 Å². The summed E-state index contributed by atoms with van der Waals surface area (Å²) >= 11 is 0. The van der Waals surface area contributed by atoms with Crippen molar-refractivity contribution in [3.8, 4) is 0 Å². The van der Waals surface area contributed by atoms with E-state index in [2.05, 4.69) is 34.6 Å². The second-order valence-corrected chi connectivity index (χ2v) is 6.54. The van der Waals surface area contributed by atoms with E-state index in [1.807, 2.05) is 0 Å². The van der Waals surface area contributed by atoms with Crippen molar-refractivity contribution in [2.45, 2.75) is 66.0 Å². The number of ether oxygens (including phenoxy) is 1. The number of hydrogen-bond acceptors (Lipinski definition) is 2. The molecule has 3 atom stereocenters. The quantitative estimate of drug-likeness (QED) is 0.800. The Morgan fingerprint density at radius 1 is 1.31 bits per heavy atom. The molecule has 1 aliphatic carbocycles. The van der Waals surface area contributed by atoms with Crippen LogP contribution in [-0.2, 0) is 4.74 Å². The van der Waals surface area contributed by atoms with Crippen molar-refractivity contribution in [3.05, 3.63) is 0 Å². The molecule has 0 aromatic heterocycles. The highest BCUT2D eigenvalue weighted by Gasteiger charge is 2.37. The molecule has 2 N–H and O–H groups in total. The van der Waals surface area contributed by atoms with Crippen LogP contribution in [-0.4, -0.2) is 18.8 Å². The van der Waals surface area contributed by atoms with E-state index in [1.54, 1.807) is 0 Å². The summed E-state index contributed by atoms with van der Waals surface area (Å²) in [6.45, 7) is 11.9. The standard InChI is InChI=1S/C14H29NO/c1-10(2)16-9-14(4,5)12-7-6-11(3)8-13(12)15/h10-13H,6-9,15H2,1-5H3. The SMILES string of the molecule is CC1CCC(C(C)(C)COC(C)C)C(N)C1. The average molecular weight is 227 g/mol. The third kappa shape index (κ3) is 3.74. The Morgan fingerprint density at radius 2 is 1.94 bits per heavy atom. The first-order valence-corrected chi connectivity index (χ1v) is 6.70. The average Bonchev–Trinajstić information content (AvgIpc) is 2.14. The molecule has 0 saturated heterocycles. The second kappa shape index (κ2) is 5.50. The predicted octanol–water partition coefficient (Wildman–Crippen LogP) is 3.20. The van der Waals surface area contributed by atoms with Crippen molar-refractivity contribution in [1.29, 1.82) is 0 Å². The molecule has 0 amide bonds. The lowest BCUT2D eigenvalue weighted by molar-refractivity contribution is -0.0210. The van der Waals surface area contributed by atoms with Gasteiger partial charge in [-0.05, 0) is 43.9 Å². The predicted molar refractivity (Wildman–Crippen MR) is 69.3 cm³/mol. The van der Waals surface area contributed by atoms with Gasteiger partial charge in [-0.25, -0.2) is 0 Å². The number of hydrogen-bond donors (Lipinski definition) is 1. The van der Waals surface area contributed by atoms with Crippen LogP contribution < -0.4 is 5.73 Å². The van der Waals surface area contributed by atoms with E-state index in [0.717, 1.165) is 12.5 Å². The lowest BCUT2D eigenvalue weighted by Gasteiger charge is -2.42. The first-order chi connectivity index (χ1) is 7.33. The molecule has 0 bridgehead atoms. The molecule has 96 valence electrons. The number of rotatable bonds is 4. The summed E-state index contributed by atoms with van der Waals surface area (Å²) in [7, 11) is 0. The van der Waals surface area contributed by atoms with Gasteiger partial charge < -0.3 is 10.5 Å². The summed E-state index contributed by atoms with van der Waals surface area (Å²) < 4.78 is 5.78. The summed E-state index contributed by atoms with van der Waals surface area (Å²) in [6.07, 6.45) is 4.08. The Balaban J connectivity index is 2.53. The fraction of sp³-hybridized carbons (Fsp3) is 1.00. The van der Waals surface area contributed by atoms with Gasteiger partial charge in [0.25, 0.3) is 0 Å². The first-order valence-electron chi connectivity index (χ1n) is 6.70. The van der Waals surface area contributed by atoms with E-state index in [0.29, 0.717) is 18.1 Å². The van der Waals surface area contributed by atoms with Crippen LogP contribution in [0.2, 0.25) is 0 Å². The highest BCUT2D eigenvalue weighted by Crippen LogP contribution is 2.39. The van der Waals surface area contributed by atoms with Crippen molar-refractivity contribution in [3.63, 3.8) is 0 Å². The summed E-state index contributed by atoms with van der Waals surface area (Å²) in [6, 6.07) is 0.356. The summed E-state index contributed by atoms with van der Waals surface area (Å²) in [5, 5.41) is 0. The Kier molecular flexibility index (Phi) is 4.81. The van der Waals surface area contributed by atoms with E-state index >= 15 is 0 Å². The summed E-state index contributed by atoms with van der Waals surface area (Å²) in [5.74, 6) is 1.41. The maximum Gasteiger partial charge on any atom is 0.0523 e. The molecule has 0 aromatic carbocycles. The van der Waals surface area contributed by atoms with Gasteiger partial charge in [-0.3, -0.25) is 0 Å². The van der Waals surface area contributed by atoms with Gasteiger partial charge >= 0.3 is 0 Å². The van der Waals surface area contributed by atoms with Crippen molar-refractivity contribution < 1.29 is 4.74 Å². The van der Waals surface area contributed by atoms with Gasteiger partial charge in [-0.1, -0.05) is 27.2 Å². The molecule has 0 heterocycles. The zero-order valence-corrected chi connectivity index (χ0v) is 11.6. The van der Waals surface area contributed by atoms with Crippen molar-refractivity contribution in [1.82, 2.24) is 0 Å². The van der Waals surface area contributed by atoms with Crippen molar-refractivity contribution >= 4 is 0 Å². The molecular weight excluding hydrogens is 198 g/mol. The van der Waals surface area contributed by atoms with Crippen LogP contribution in [0.25, 0.3) is 0 Å². The van der Waals surface area contributed by atoms with Gasteiger partial charge in [0, 0.05) is 6.04 Å². The van der Waals surface area contributed by atoms with Gasteiger partial charge in [0.2, 0.25) is 0 Å². The topological polar surface area (TPSA) is 35.2 Å². The van der Waals surface area contributed by atoms with E-state index < -0.39 is 0 Å². The largest absolute Gasteiger partial charge is 0.378 e. The Bertz CT molecular complexity index is 213. The normalized spacial score (nSPS) is 32.1. The second-order valence-electron chi connectivity index (χ2n) is 6.54. The smallest absolute Gasteiger partial charge is 0.0523 e. The van der Waals surface area contributed by atoms with Crippen LogP contribution in [0.15, 0.2) is 0 Å². The van der Waals surface area contributed by atoms with E-state index in [4.69, 9.17) is 10.5 Å². The molecule has 0 radical (unpaired) electrons. The van der Waals surface area contributed by atoms with Crippen molar-refractivity contribution in [2.24, 2.45) is 23.0 Å². The molecule has 2 heteroatoms. The van der Waals surface area contributed by atoms with Gasteiger partial charge in [-0.2, -0.15) is 0 Å². The van der Waals surface area contributed by atoms with Crippen LogP contribution >= 0.6 is 0 Å². The highest BCUT2D eigenvalue weighted by molar-refractivity contribution is 4.90. The first kappa shape index (κ1) is 14.0. The Labute approximate surface area is 101 Å². The van der Waals surface area contributed by atoms with Crippen LogP contribution in [0.5, 0.6) is 0 Å². The molecule has 0 aliphatic heterocycles. The minimum Gasteiger partial charge on any atom is -0.378 e. The molecule has 1 aliphatic rings. The highest BCUT2D eigenvalue weighted by atomic mass is 16.5. The zero-order chi connectivity index (χ0) is 12.3. The Morgan fingerprint density at radius 3 is 2.44 bits per heavy atom. The summed E-state index contributed by atoms with van der Waals surface area (Å²) in [5.41, 5.74) is 6.52. The lowest BCUT2D eigenvalue weighted by atomic mass is 9.67. The van der Waals surface area contributed by atoms with Crippen LogP contribution in [0.4, 0.5) is 0 Å². The maximum absolute atomic E-state index is 6.31. The van der Waals surface area contributed by atoms with Gasteiger partial charge in [-0.15, -0.1) is 0 Å². The van der Waals surface area contributed by atoms with Gasteiger partial charge in [0.15, 0.2) is 0 Å². The molecule has 1 saturated carbocycles. The molecule has 0 spiro atoms. The van der Waals surface area contributed by atoms with Crippen molar-refractivity contribution in [2.75, 3.05) is 6.61 Å². The van der Waals surface area contributed by atoms with Crippen LogP contribution in [0, 0.1) is 17.3 Å². The van der Waals surface area contributed by atoms with Crippen LogP contribution in [0.1, 0.15) is 53.9 Å². The fourth-order valence-electron chi connectivity index (χ4n) is 2.88. The molecule has 1 fully saturated rings. The van der Waals surface area contributed by atoms with E-state index in [-0.39, 0.29) is 5.41 Å². The lowest BCUT2D eigenvalue weighted by Crippen LogP contribution is -2.45. The molecule has 0 aromatic rings. The Hall–Kier alpha value is -0.0800. The minimum absolute atomic E-state index is 0.212. The fourth-order valence-corrected chi connectivity index (χ4v) is 2.88. The molecule has 1 rings (SSSR count). The number of nitrogens with two attached hydrogens (primary N) is 1. The molecule has 2 nitrogen and oxygen atoms in total. The summed E-state index contributed by atoms with van der Waals surface area (Å²) in [4.78, 5) is 0.